The number of methoxy groups -OCH3 is 1. The molecule has 2 heterocycles. The van der Waals surface area contributed by atoms with E-state index in [1.165, 1.54) is 6.20 Å². The normalized spacial score (nSPS) is 19.3. The third kappa shape index (κ3) is 3.41. The second-order valence-corrected chi connectivity index (χ2v) is 4.57. The minimum Gasteiger partial charge on any atom is -0.380 e. The predicted octanol–water partition coefficient (Wildman–Crippen LogP) is 1.16. The first kappa shape index (κ1) is 13.7. The van der Waals surface area contributed by atoms with E-state index >= 15 is 0 Å². The summed E-state index contributed by atoms with van der Waals surface area (Å²) in [4.78, 5) is 22.5. The quantitative estimate of drug-likeness (QED) is 0.884. The van der Waals surface area contributed by atoms with Crippen LogP contribution in [0.1, 0.15) is 30.3 Å². The van der Waals surface area contributed by atoms with Gasteiger partial charge in [0, 0.05) is 26.7 Å². The van der Waals surface area contributed by atoms with Crippen LogP contribution in [0.4, 0.5) is 5.82 Å². The van der Waals surface area contributed by atoms with E-state index in [4.69, 9.17) is 4.74 Å². The molecule has 0 saturated carbocycles. The molecule has 0 spiro atoms. The fourth-order valence-corrected chi connectivity index (χ4v) is 2.21. The zero-order chi connectivity index (χ0) is 13.7. The second-order valence-electron chi connectivity index (χ2n) is 4.57. The summed E-state index contributed by atoms with van der Waals surface area (Å²) in [6.45, 7) is 4.11. The fraction of sp³-hybridized carbons (Fsp3) is 0.615. The largest absolute Gasteiger partial charge is 0.380 e. The van der Waals surface area contributed by atoms with Gasteiger partial charge >= 0.3 is 0 Å². The molecule has 6 heteroatoms. The number of anilines is 1. The molecule has 104 valence electrons. The number of piperidine rings is 1. The number of hydrogen-bond donors (Lipinski definition) is 1. The number of nitrogens with one attached hydrogen (secondary N) is 1. The molecule has 1 aliphatic heterocycles. The van der Waals surface area contributed by atoms with Gasteiger partial charge in [0.05, 0.1) is 18.5 Å². The molecule has 0 bridgehead atoms. The van der Waals surface area contributed by atoms with Gasteiger partial charge in [0.15, 0.2) is 0 Å². The van der Waals surface area contributed by atoms with Gasteiger partial charge in [-0.2, -0.15) is 0 Å². The van der Waals surface area contributed by atoms with Crippen molar-refractivity contribution in [3.8, 4) is 0 Å². The van der Waals surface area contributed by atoms with Crippen molar-refractivity contribution in [3.05, 3.63) is 18.1 Å². The Kier molecular flexibility index (Phi) is 4.68. The first-order valence-corrected chi connectivity index (χ1v) is 6.62. The number of aromatic nitrogens is 2. The molecule has 2 rings (SSSR count). The zero-order valence-corrected chi connectivity index (χ0v) is 11.4. The van der Waals surface area contributed by atoms with Gasteiger partial charge in [0.2, 0.25) is 0 Å². The lowest BCUT2D eigenvalue weighted by molar-refractivity contribution is 0.0265. The topological polar surface area (TPSA) is 67.4 Å². The molecule has 6 nitrogen and oxygen atoms in total. The molecule has 1 aromatic heterocycles. The van der Waals surface area contributed by atoms with Crippen LogP contribution >= 0.6 is 0 Å². The van der Waals surface area contributed by atoms with E-state index in [0.29, 0.717) is 18.1 Å². The molecule has 1 aliphatic rings. The second kappa shape index (κ2) is 6.47. The number of carbonyl (C=O) groups is 1. The molecule has 1 unspecified atom stereocenters. The molecule has 1 aromatic rings. The summed E-state index contributed by atoms with van der Waals surface area (Å²) in [5.41, 5.74) is 0.384. The zero-order valence-electron chi connectivity index (χ0n) is 11.4. The minimum absolute atomic E-state index is 0.0750. The van der Waals surface area contributed by atoms with Gasteiger partial charge < -0.3 is 15.0 Å². The number of nitrogens with zero attached hydrogens (tertiary/aromatic N) is 3. The standard InChI is InChI=1S/C13H20N4O2/c1-3-15-12-8-14-7-11(16-12)13(18)17-6-4-5-10(9-17)19-2/h7-8,10H,3-6,9H2,1-2H3,(H,15,16). The van der Waals surface area contributed by atoms with Crippen molar-refractivity contribution in [2.45, 2.75) is 25.9 Å². The Morgan fingerprint density at radius 2 is 2.42 bits per heavy atom. The SMILES string of the molecule is CCNc1cncc(C(=O)N2CCCC(OC)C2)n1. The number of rotatable bonds is 4. The minimum atomic E-state index is -0.0750. The highest BCUT2D eigenvalue weighted by Crippen LogP contribution is 2.15. The van der Waals surface area contributed by atoms with Crippen LogP contribution in [-0.2, 0) is 4.74 Å². The van der Waals surface area contributed by atoms with E-state index in [9.17, 15) is 4.79 Å². The summed E-state index contributed by atoms with van der Waals surface area (Å²) in [6, 6.07) is 0. The summed E-state index contributed by atoms with van der Waals surface area (Å²) in [5.74, 6) is 0.558. The van der Waals surface area contributed by atoms with Crippen molar-refractivity contribution in [2.24, 2.45) is 0 Å². The Labute approximate surface area is 113 Å². The molecule has 1 N–H and O–H groups in total. The van der Waals surface area contributed by atoms with Crippen molar-refractivity contribution in [2.75, 3.05) is 32.1 Å². The highest BCUT2D eigenvalue weighted by atomic mass is 16.5. The van der Waals surface area contributed by atoms with Crippen molar-refractivity contribution in [3.63, 3.8) is 0 Å². The lowest BCUT2D eigenvalue weighted by Gasteiger charge is -2.31. The number of ether oxygens (including phenoxy) is 1. The summed E-state index contributed by atoms with van der Waals surface area (Å²) >= 11 is 0. The Morgan fingerprint density at radius 3 is 3.16 bits per heavy atom. The van der Waals surface area contributed by atoms with Crippen LogP contribution in [0.25, 0.3) is 0 Å². The molecule has 0 aliphatic carbocycles. The molecule has 1 fully saturated rings. The van der Waals surface area contributed by atoms with E-state index in [-0.39, 0.29) is 12.0 Å². The maximum absolute atomic E-state index is 12.4. The van der Waals surface area contributed by atoms with Gasteiger partial charge in [-0.3, -0.25) is 9.78 Å². The van der Waals surface area contributed by atoms with Crippen LogP contribution in [0, 0.1) is 0 Å². The highest BCUT2D eigenvalue weighted by molar-refractivity contribution is 5.92. The van der Waals surface area contributed by atoms with Gasteiger partial charge in [-0.15, -0.1) is 0 Å². The predicted molar refractivity (Wildman–Crippen MR) is 72.1 cm³/mol. The van der Waals surface area contributed by atoms with Crippen LogP contribution in [0.15, 0.2) is 12.4 Å². The Morgan fingerprint density at radius 1 is 1.58 bits per heavy atom. The van der Waals surface area contributed by atoms with Crippen molar-refractivity contribution < 1.29 is 9.53 Å². The van der Waals surface area contributed by atoms with Gasteiger partial charge in [-0.05, 0) is 19.8 Å². The average molecular weight is 264 g/mol. The molecule has 1 amide bonds. The number of hydrogen-bond acceptors (Lipinski definition) is 5. The maximum atomic E-state index is 12.4. The number of likely N-dealkylation sites (tertiary alicyclic amines) is 1. The molecule has 0 radical (unpaired) electrons. The Hall–Kier alpha value is -1.69. The average Bonchev–Trinajstić information content (AvgIpc) is 2.47. The van der Waals surface area contributed by atoms with Gasteiger partial charge in [0.25, 0.3) is 5.91 Å². The van der Waals surface area contributed by atoms with Crippen LogP contribution < -0.4 is 5.32 Å². The Balaban J connectivity index is 2.08. The third-order valence-electron chi connectivity index (χ3n) is 3.21. The lowest BCUT2D eigenvalue weighted by Crippen LogP contribution is -2.43. The van der Waals surface area contributed by atoms with Crippen LogP contribution in [-0.4, -0.2) is 53.6 Å². The number of amides is 1. The molecular formula is C13H20N4O2. The maximum Gasteiger partial charge on any atom is 0.274 e. The van der Waals surface area contributed by atoms with E-state index in [0.717, 1.165) is 25.9 Å². The van der Waals surface area contributed by atoms with Crippen molar-refractivity contribution in [1.29, 1.82) is 0 Å². The van der Waals surface area contributed by atoms with E-state index in [1.807, 2.05) is 6.92 Å². The van der Waals surface area contributed by atoms with Crippen LogP contribution in [0.3, 0.4) is 0 Å². The summed E-state index contributed by atoms with van der Waals surface area (Å²) in [6.07, 6.45) is 5.23. The molecule has 19 heavy (non-hydrogen) atoms. The van der Waals surface area contributed by atoms with E-state index in [2.05, 4.69) is 15.3 Å². The first-order valence-electron chi connectivity index (χ1n) is 6.62. The summed E-state index contributed by atoms with van der Waals surface area (Å²) in [7, 11) is 1.68. The number of carbonyl (C=O) groups excluding carboxylic acids is 1. The molecular weight excluding hydrogens is 244 g/mol. The summed E-state index contributed by atoms with van der Waals surface area (Å²) < 4.78 is 5.33. The third-order valence-corrected chi connectivity index (χ3v) is 3.21. The smallest absolute Gasteiger partial charge is 0.274 e. The fourth-order valence-electron chi connectivity index (χ4n) is 2.21. The van der Waals surface area contributed by atoms with Gasteiger partial charge in [-0.1, -0.05) is 0 Å². The van der Waals surface area contributed by atoms with E-state index in [1.54, 1.807) is 18.2 Å². The van der Waals surface area contributed by atoms with Crippen molar-refractivity contribution in [1.82, 2.24) is 14.9 Å². The lowest BCUT2D eigenvalue weighted by atomic mass is 10.1. The Bertz CT molecular complexity index is 438. The first-order chi connectivity index (χ1) is 9.24. The molecule has 1 atom stereocenters. The van der Waals surface area contributed by atoms with Crippen LogP contribution in [0.5, 0.6) is 0 Å². The van der Waals surface area contributed by atoms with Crippen LogP contribution in [0.2, 0.25) is 0 Å². The molecule has 0 aromatic carbocycles. The van der Waals surface area contributed by atoms with Gasteiger partial charge in [-0.25, -0.2) is 4.98 Å². The van der Waals surface area contributed by atoms with Gasteiger partial charge in [0.1, 0.15) is 11.5 Å². The monoisotopic (exact) mass is 264 g/mol. The molecule has 1 saturated heterocycles. The summed E-state index contributed by atoms with van der Waals surface area (Å²) in [5, 5.41) is 3.06. The highest BCUT2D eigenvalue weighted by Gasteiger charge is 2.25. The van der Waals surface area contributed by atoms with E-state index < -0.39 is 0 Å². The van der Waals surface area contributed by atoms with Crippen molar-refractivity contribution >= 4 is 11.7 Å².